The van der Waals surface area contributed by atoms with Gasteiger partial charge in [-0.2, -0.15) is 0 Å². The van der Waals surface area contributed by atoms with Gasteiger partial charge in [-0.1, -0.05) is 27.7 Å². The monoisotopic (exact) mass is 275 g/mol. The maximum Gasteiger partial charge on any atom is 0.508 e. The highest BCUT2D eigenvalue weighted by atomic mass is 16.7. The van der Waals surface area contributed by atoms with Gasteiger partial charge < -0.3 is 19.5 Å². The maximum absolute atomic E-state index is 11.2. The Labute approximate surface area is 114 Å². The van der Waals surface area contributed by atoms with E-state index in [2.05, 4.69) is 5.32 Å². The summed E-state index contributed by atoms with van der Waals surface area (Å²) in [5.41, 5.74) is 0. The van der Waals surface area contributed by atoms with Gasteiger partial charge in [0.1, 0.15) is 0 Å². The topological polar surface area (TPSA) is 73.9 Å². The molecule has 0 saturated carbocycles. The summed E-state index contributed by atoms with van der Waals surface area (Å²) in [7, 11) is 0. The quantitative estimate of drug-likeness (QED) is 0.544. The van der Waals surface area contributed by atoms with Crippen LogP contribution >= 0.6 is 0 Å². The fourth-order valence-corrected chi connectivity index (χ4v) is 0.988. The maximum atomic E-state index is 11.2. The van der Waals surface area contributed by atoms with Gasteiger partial charge in [-0.3, -0.25) is 0 Å². The molecule has 1 N–H and O–H groups in total. The number of alkyl carbamates (subject to hydrolysis) is 1. The Bertz CT molecular complexity index is 240. The second-order valence-electron chi connectivity index (χ2n) is 5.08. The summed E-state index contributed by atoms with van der Waals surface area (Å²) in [6, 6.07) is 0. The van der Waals surface area contributed by atoms with Crippen molar-refractivity contribution in [3.8, 4) is 0 Å². The number of carbonyl (C=O) groups is 2. The van der Waals surface area contributed by atoms with Crippen molar-refractivity contribution in [1.82, 2.24) is 5.32 Å². The molecule has 6 heteroatoms. The summed E-state index contributed by atoms with van der Waals surface area (Å²) in [4.78, 5) is 22.2. The third-order valence-corrected chi connectivity index (χ3v) is 1.89. The molecule has 6 nitrogen and oxygen atoms in total. The molecule has 0 saturated heterocycles. The first-order valence-electron chi connectivity index (χ1n) is 6.62. The van der Waals surface area contributed by atoms with E-state index < -0.39 is 12.2 Å². The van der Waals surface area contributed by atoms with Crippen LogP contribution < -0.4 is 5.32 Å². The van der Waals surface area contributed by atoms with Gasteiger partial charge in [-0.15, -0.1) is 0 Å². The molecule has 1 amide bonds. The van der Waals surface area contributed by atoms with Crippen LogP contribution in [0.1, 0.15) is 34.1 Å². The molecule has 0 spiro atoms. The van der Waals surface area contributed by atoms with E-state index in [1.807, 2.05) is 27.7 Å². The number of hydrogen-bond acceptors (Lipinski definition) is 5. The molecule has 19 heavy (non-hydrogen) atoms. The Balaban J connectivity index is 3.39. The average Bonchev–Trinajstić information content (AvgIpc) is 2.33. The van der Waals surface area contributed by atoms with Gasteiger partial charge >= 0.3 is 12.2 Å². The average molecular weight is 275 g/mol. The second kappa shape index (κ2) is 10.5. The van der Waals surface area contributed by atoms with Crippen LogP contribution in [0.5, 0.6) is 0 Å². The van der Waals surface area contributed by atoms with Crippen LogP contribution in [0, 0.1) is 11.8 Å². The standard InChI is InChI=1S/C13H25NO5/c1-10(2)8-18-12(15)14-6-5-7-17-13(16)19-9-11(3)4/h10-11H,5-9H2,1-4H3,(H,14,15). The van der Waals surface area contributed by atoms with Crippen molar-refractivity contribution in [2.24, 2.45) is 11.8 Å². The highest BCUT2D eigenvalue weighted by molar-refractivity contribution is 5.67. The first kappa shape index (κ1) is 17.5. The first-order chi connectivity index (χ1) is 8.91. The van der Waals surface area contributed by atoms with Gasteiger partial charge in [0.05, 0.1) is 19.8 Å². The van der Waals surface area contributed by atoms with E-state index in [4.69, 9.17) is 14.2 Å². The van der Waals surface area contributed by atoms with Crippen molar-refractivity contribution < 1.29 is 23.8 Å². The summed E-state index contributed by atoms with van der Waals surface area (Å²) in [5, 5.41) is 2.57. The number of hydrogen-bond donors (Lipinski definition) is 1. The number of carbonyl (C=O) groups excluding carboxylic acids is 2. The van der Waals surface area contributed by atoms with Crippen LogP contribution in [0.3, 0.4) is 0 Å². The molecule has 0 aromatic rings. The molecule has 0 heterocycles. The Hall–Kier alpha value is -1.46. The molecule has 0 radical (unpaired) electrons. The Morgan fingerprint density at radius 1 is 0.947 bits per heavy atom. The molecule has 0 unspecified atom stereocenters. The van der Waals surface area contributed by atoms with Crippen molar-refractivity contribution in [1.29, 1.82) is 0 Å². The largest absolute Gasteiger partial charge is 0.508 e. The van der Waals surface area contributed by atoms with Crippen LogP contribution in [0.4, 0.5) is 9.59 Å². The molecule has 0 aliphatic heterocycles. The van der Waals surface area contributed by atoms with Crippen molar-refractivity contribution in [3.63, 3.8) is 0 Å². The lowest BCUT2D eigenvalue weighted by Crippen LogP contribution is -2.27. The molecule has 0 aliphatic rings. The van der Waals surface area contributed by atoms with E-state index in [0.717, 1.165) is 0 Å². The zero-order valence-corrected chi connectivity index (χ0v) is 12.2. The summed E-state index contributed by atoms with van der Waals surface area (Å²) in [5.74, 6) is 0.592. The zero-order chi connectivity index (χ0) is 14.7. The number of nitrogens with one attached hydrogen (secondary N) is 1. The van der Waals surface area contributed by atoms with Gasteiger partial charge in [-0.05, 0) is 18.3 Å². The number of rotatable bonds is 8. The lowest BCUT2D eigenvalue weighted by atomic mass is 10.2. The molecule has 112 valence electrons. The zero-order valence-electron chi connectivity index (χ0n) is 12.2. The van der Waals surface area contributed by atoms with Crippen LogP contribution in [-0.2, 0) is 14.2 Å². The van der Waals surface area contributed by atoms with Crippen LogP contribution in [0.15, 0.2) is 0 Å². The summed E-state index contributed by atoms with van der Waals surface area (Å²) in [6.45, 7) is 9.16. The second-order valence-corrected chi connectivity index (χ2v) is 5.08. The molecule has 0 aliphatic carbocycles. The number of amides is 1. The summed E-state index contributed by atoms with van der Waals surface area (Å²) >= 11 is 0. The van der Waals surface area contributed by atoms with Gasteiger partial charge in [0.25, 0.3) is 0 Å². The molecular formula is C13H25NO5. The lowest BCUT2D eigenvalue weighted by Gasteiger charge is -2.09. The Morgan fingerprint density at radius 3 is 2.11 bits per heavy atom. The molecule has 0 bridgehead atoms. The van der Waals surface area contributed by atoms with Crippen molar-refractivity contribution in [3.05, 3.63) is 0 Å². The van der Waals surface area contributed by atoms with E-state index in [-0.39, 0.29) is 12.5 Å². The molecule has 0 aromatic heterocycles. The third-order valence-electron chi connectivity index (χ3n) is 1.89. The van der Waals surface area contributed by atoms with E-state index in [9.17, 15) is 9.59 Å². The predicted octanol–water partition coefficient (Wildman–Crippen LogP) is 2.57. The fourth-order valence-electron chi connectivity index (χ4n) is 0.988. The molecule has 0 aromatic carbocycles. The minimum absolute atomic E-state index is 0.210. The van der Waals surface area contributed by atoms with Gasteiger partial charge in [-0.25, -0.2) is 9.59 Å². The smallest absolute Gasteiger partial charge is 0.449 e. The highest BCUT2D eigenvalue weighted by Crippen LogP contribution is 1.96. The van der Waals surface area contributed by atoms with Crippen LogP contribution in [0.2, 0.25) is 0 Å². The molecular weight excluding hydrogens is 250 g/mol. The van der Waals surface area contributed by atoms with Crippen molar-refractivity contribution in [2.45, 2.75) is 34.1 Å². The van der Waals surface area contributed by atoms with Crippen LogP contribution in [0.25, 0.3) is 0 Å². The predicted molar refractivity (Wildman–Crippen MR) is 70.9 cm³/mol. The van der Waals surface area contributed by atoms with Crippen molar-refractivity contribution >= 4 is 12.2 Å². The van der Waals surface area contributed by atoms with Gasteiger partial charge in [0.15, 0.2) is 0 Å². The summed E-state index contributed by atoms with van der Waals surface area (Å²) < 4.78 is 14.6. The molecule has 0 rings (SSSR count). The third kappa shape index (κ3) is 12.8. The van der Waals surface area contributed by atoms with Crippen LogP contribution in [-0.4, -0.2) is 38.6 Å². The Morgan fingerprint density at radius 2 is 1.53 bits per heavy atom. The van der Waals surface area contributed by atoms with Gasteiger partial charge in [0.2, 0.25) is 0 Å². The van der Waals surface area contributed by atoms with E-state index >= 15 is 0 Å². The summed E-state index contributed by atoms with van der Waals surface area (Å²) in [6.07, 6.45) is -0.597. The minimum Gasteiger partial charge on any atom is -0.449 e. The minimum atomic E-state index is -0.670. The molecule has 0 atom stereocenters. The molecule has 0 fully saturated rings. The Kier molecular flexibility index (Phi) is 9.66. The van der Waals surface area contributed by atoms with Crippen molar-refractivity contribution in [2.75, 3.05) is 26.4 Å². The van der Waals surface area contributed by atoms with E-state index in [0.29, 0.717) is 32.1 Å². The lowest BCUT2D eigenvalue weighted by molar-refractivity contribution is 0.0469. The van der Waals surface area contributed by atoms with Gasteiger partial charge in [0, 0.05) is 6.54 Å². The normalized spacial score (nSPS) is 10.4. The fraction of sp³-hybridized carbons (Fsp3) is 0.846. The SMILES string of the molecule is CC(C)COC(=O)NCCCOC(=O)OCC(C)C. The first-order valence-corrected chi connectivity index (χ1v) is 6.62. The highest BCUT2D eigenvalue weighted by Gasteiger charge is 2.06. The van der Waals surface area contributed by atoms with E-state index in [1.165, 1.54) is 0 Å². The van der Waals surface area contributed by atoms with E-state index in [1.54, 1.807) is 0 Å². The number of ether oxygens (including phenoxy) is 3.